The lowest BCUT2D eigenvalue weighted by molar-refractivity contribution is 0.375. The lowest BCUT2D eigenvalue weighted by Gasteiger charge is -2.39. The Labute approximate surface area is 138 Å². The van der Waals surface area contributed by atoms with Crippen LogP contribution in [-0.2, 0) is 6.54 Å². The topological polar surface area (TPSA) is 45.5 Å². The van der Waals surface area contributed by atoms with Crippen LogP contribution in [0.2, 0.25) is 0 Å². The lowest BCUT2D eigenvalue weighted by atomic mass is 10.2. The molecule has 0 radical (unpaired) electrons. The van der Waals surface area contributed by atoms with Crippen LogP contribution < -0.4 is 5.32 Å². The number of hydrogen-bond donors (Lipinski definition) is 1. The maximum absolute atomic E-state index is 4.50. The first-order valence-electron chi connectivity index (χ1n) is 8.02. The Morgan fingerprint density at radius 1 is 1.45 bits per heavy atom. The van der Waals surface area contributed by atoms with E-state index in [0.717, 1.165) is 44.3 Å². The van der Waals surface area contributed by atoms with Crippen molar-refractivity contribution < 1.29 is 0 Å². The standard InChI is InChI=1S/C16H29N5S/c1-13-11-14(2)21(19-13)8-6-7-18-15(17-5)20-9-10-22-16(3,4)12-20/h11H,6-10,12H2,1-5H3,(H,17,18). The summed E-state index contributed by atoms with van der Waals surface area (Å²) in [5.41, 5.74) is 2.33. The number of hydrogen-bond acceptors (Lipinski definition) is 3. The van der Waals surface area contributed by atoms with Gasteiger partial charge in [0.15, 0.2) is 5.96 Å². The first-order chi connectivity index (χ1) is 10.4. The third-order valence-corrected chi connectivity index (χ3v) is 5.17. The van der Waals surface area contributed by atoms with E-state index in [4.69, 9.17) is 0 Å². The van der Waals surface area contributed by atoms with E-state index in [2.05, 4.69) is 51.8 Å². The van der Waals surface area contributed by atoms with Crippen LogP contribution in [0.5, 0.6) is 0 Å². The molecular weight excluding hydrogens is 294 g/mol. The van der Waals surface area contributed by atoms with Crippen molar-refractivity contribution in [2.24, 2.45) is 4.99 Å². The highest BCUT2D eigenvalue weighted by Crippen LogP contribution is 2.29. The fraction of sp³-hybridized carbons (Fsp3) is 0.750. The maximum Gasteiger partial charge on any atom is 0.193 e. The van der Waals surface area contributed by atoms with E-state index in [1.54, 1.807) is 0 Å². The van der Waals surface area contributed by atoms with Gasteiger partial charge < -0.3 is 10.2 Å². The molecule has 0 spiro atoms. The minimum Gasteiger partial charge on any atom is -0.356 e. The molecule has 0 atom stereocenters. The fourth-order valence-electron chi connectivity index (χ4n) is 2.86. The van der Waals surface area contributed by atoms with E-state index in [1.807, 2.05) is 25.7 Å². The Morgan fingerprint density at radius 2 is 2.23 bits per heavy atom. The van der Waals surface area contributed by atoms with Crippen LogP contribution in [0.1, 0.15) is 31.7 Å². The summed E-state index contributed by atoms with van der Waals surface area (Å²) in [6.07, 6.45) is 1.05. The van der Waals surface area contributed by atoms with Crippen molar-refractivity contribution in [1.82, 2.24) is 20.0 Å². The van der Waals surface area contributed by atoms with Crippen LogP contribution in [0, 0.1) is 13.8 Å². The molecule has 2 heterocycles. The number of rotatable bonds is 4. The van der Waals surface area contributed by atoms with Gasteiger partial charge in [0.05, 0.1) is 5.69 Å². The molecule has 1 aromatic heterocycles. The molecule has 124 valence electrons. The SMILES string of the molecule is CN=C(NCCCn1nc(C)cc1C)N1CCSC(C)(C)C1. The molecular formula is C16H29N5S. The van der Waals surface area contributed by atoms with Crippen molar-refractivity contribution in [2.75, 3.05) is 32.4 Å². The molecule has 0 unspecified atom stereocenters. The number of guanidine groups is 1. The quantitative estimate of drug-likeness (QED) is 0.525. The highest BCUT2D eigenvalue weighted by atomic mass is 32.2. The van der Waals surface area contributed by atoms with Crippen molar-refractivity contribution >= 4 is 17.7 Å². The Balaban J connectivity index is 1.78. The lowest BCUT2D eigenvalue weighted by Crippen LogP contribution is -2.51. The fourth-order valence-corrected chi connectivity index (χ4v) is 3.97. The van der Waals surface area contributed by atoms with E-state index in [-0.39, 0.29) is 0 Å². The Bertz CT molecular complexity index is 521. The van der Waals surface area contributed by atoms with Gasteiger partial charge in [0.2, 0.25) is 0 Å². The molecule has 1 aliphatic heterocycles. The second kappa shape index (κ2) is 7.40. The largest absolute Gasteiger partial charge is 0.356 e. The van der Waals surface area contributed by atoms with Crippen LogP contribution in [-0.4, -0.2) is 57.8 Å². The summed E-state index contributed by atoms with van der Waals surface area (Å²) >= 11 is 2.05. The van der Waals surface area contributed by atoms with Gasteiger partial charge in [-0.3, -0.25) is 9.67 Å². The average molecular weight is 324 g/mol. The molecule has 0 saturated carbocycles. The van der Waals surface area contributed by atoms with Crippen molar-refractivity contribution in [3.63, 3.8) is 0 Å². The van der Waals surface area contributed by atoms with Crippen molar-refractivity contribution in [1.29, 1.82) is 0 Å². The van der Waals surface area contributed by atoms with Crippen LogP contribution in [0.4, 0.5) is 0 Å². The zero-order valence-corrected chi connectivity index (χ0v) is 15.3. The summed E-state index contributed by atoms with van der Waals surface area (Å²) in [5, 5.41) is 8.00. The normalized spacial score (nSPS) is 18.6. The van der Waals surface area contributed by atoms with E-state index in [9.17, 15) is 0 Å². The Kier molecular flexibility index (Phi) is 5.78. The summed E-state index contributed by atoms with van der Waals surface area (Å²) in [6, 6.07) is 2.12. The first kappa shape index (κ1) is 17.2. The zero-order valence-electron chi connectivity index (χ0n) is 14.5. The molecule has 0 aliphatic carbocycles. The number of aliphatic imine (C=N–C) groups is 1. The van der Waals surface area contributed by atoms with Gasteiger partial charge in [-0.05, 0) is 40.2 Å². The molecule has 6 heteroatoms. The summed E-state index contributed by atoms with van der Waals surface area (Å²) in [6.45, 7) is 12.8. The van der Waals surface area contributed by atoms with Crippen molar-refractivity contribution in [3.8, 4) is 0 Å². The molecule has 22 heavy (non-hydrogen) atoms. The highest BCUT2D eigenvalue weighted by molar-refractivity contribution is 8.00. The maximum atomic E-state index is 4.50. The van der Waals surface area contributed by atoms with Gasteiger partial charge in [-0.2, -0.15) is 16.9 Å². The number of aryl methyl sites for hydroxylation is 3. The van der Waals surface area contributed by atoms with E-state index in [1.165, 1.54) is 11.4 Å². The van der Waals surface area contributed by atoms with Crippen LogP contribution >= 0.6 is 11.8 Å². The van der Waals surface area contributed by atoms with Gasteiger partial charge in [0.1, 0.15) is 0 Å². The van der Waals surface area contributed by atoms with Gasteiger partial charge in [0.25, 0.3) is 0 Å². The number of thioether (sulfide) groups is 1. The van der Waals surface area contributed by atoms with Crippen LogP contribution in [0.15, 0.2) is 11.1 Å². The summed E-state index contributed by atoms with van der Waals surface area (Å²) < 4.78 is 2.39. The number of nitrogens with zero attached hydrogens (tertiary/aromatic N) is 4. The third-order valence-electron chi connectivity index (χ3n) is 3.87. The van der Waals surface area contributed by atoms with Gasteiger partial charge in [0, 0.05) is 49.4 Å². The van der Waals surface area contributed by atoms with E-state index >= 15 is 0 Å². The Morgan fingerprint density at radius 3 is 2.82 bits per heavy atom. The van der Waals surface area contributed by atoms with Gasteiger partial charge in [-0.25, -0.2) is 0 Å². The molecule has 1 N–H and O–H groups in total. The highest BCUT2D eigenvalue weighted by Gasteiger charge is 2.28. The predicted molar refractivity (Wildman–Crippen MR) is 95.8 cm³/mol. The molecule has 0 aromatic carbocycles. The molecule has 0 amide bonds. The molecule has 0 bridgehead atoms. The second-order valence-electron chi connectivity index (χ2n) is 6.51. The van der Waals surface area contributed by atoms with Gasteiger partial charge in [-0.15, -0.1) is 0 Å². The van der Waals surface area contributed by atoms with Gasteiger partial charge in [-0.1, -0.05) is 0 Å². The average Bonchev–Trinajstić information content (AvgIpc) is 2.76. The third kappa shape index (κ3) is 4.66. The minimum absolute atomic E-state index is 0.305. The summed E-state index contributed by atoms with van der Waals surface area (Å²) in [7, 11) is 1.87. The smallest absolute Gasteiger partial charge is 0.193 e. The molecule has 1 fully saturated rings. The molecule has 2 rings (SSSR count). The number of nitrogens with one attached hydrogen (secondary N) is 1. The molecule has 5 nitrogen and oxygen atoms in total. The van der Waals surface area contributed by atoms with Crippen molar-refractivity contribution in [2.45, 2.75) is 45.4 Å². The van der Waals surface area contributed by atoms with Crippen molar-refractivity contribution in [3.05, 3.63) is 17.5 Å². The summed E-state index contributed by atoms with van der Waals surface area (Å²) in [5.74, 6) is 2.20. The monoisotopic (exact) mass is 323 g/mol. The van der Waals surface area contributed by atoms with E-state index in [0.29, 0.717) is 4.75 Å². The summed E-state index contributed by atoms with van der Waals surface area (Å²) in [4.78, 5) is 6.82. The second-order valence-corrected chi connectivity index (χ2v) is 8.31. The van der Waals surface area contributed by atoms with Gasteiger partial charge >= 0.3 is 0 Å². The zero-order chi connectivity index (χ0) is 16.2. The van der Waals surface area contributed by atoms with Crippen LogP contribution in [0.3, 0.4) is 0 Å². The molecule has 1 saturated heterocycles. The molecule has 1 aliphatic rings. The first-order valence-corrected chi connectivity index (χ1v) is 9.00. The molecule has 1 aromatic rings. The van der Waals surface area contributed by atoms with E-state index < -0.39 is 0 Å². The number of aromatic nitrogens is 2. The van der Waals surface area contributed by atoms with Crippen LogP contribution in [0.25, 0.3) is 0 Å². The predicted octanol–water partition coefficient (Wildman–Crippen LogP) is 2.29. The minimum atomic E-state index is 0.305. The Hall–Kier alpha value is -1.17.